The van der Waals surface area contributed by atoms with Crippen molar-refractivity contribution >= 4 is 17.2 Å². The van der Waals surface area contributed by atoms with Crippen molar-refractivity contribution in [2.45, 2.75) is 0 Å². The Hall–Kier alpha value is -1.88. The fourth-order valence-corrected chi connectivity index (χ4v) is 1.35. The number of aromatic nitrogens is 1. The average Bonchev–Trinajstić information content (AvgIpc) is 2.78. The third kappa shape index (κ3) is 2.04. The van der Waals surface area contributed by atoms with Gasteiger partial charge in [-0.3, -0.25) is 0 Å². The number of oxazole rings is 1. The van der Waals surface area contributed by atoms with Gasteiger partial charge in [-0.15, -0.1) is 0 Å². The number of ether oxygens (including phenoxy) is 1. The van der Waals surface area contributed by atoms with Crippen LogP contribution in [0, 0.1) is 0 Å². The Morgan fingerprint density at radius 2 is 2.06 bits per heavy atom. The summed E-state index contributed by atoms with van der Waals surface area (Å²) in [6, 6.07) is 7.38. The summed E-state index contributed by atoms with van der Waals surface area (Å²) in [7, 11) is 1.62. The van der Waals surface area contributed by atoms with Gasteiger partial charge >= 0.3 is 0 Å². The van der Waals surface area contributed by atoms with E-state index in [2.05, 4.69) is 4.98 Å². The molecular weight excluding hydrogens is 224 g/mol. The molecule has 1 heterocycles. The molecule has 0 aliphatic heterocycles. The highest BCUT2D eigenvalue weighted by atomic mass is 32.1. The molecule has 0 radical (unpaired) electrons. The molecule has 0 spiro atoms. The molecule has 1 aromatic heterocycles. The highest BCUT2D eigenvalue weighted by Gasteiger charge is 2.08. The number of nitrogens with two attached hydrogens (primary N) is 1. The zero-order valence-corrected chi connectivity index (χ0v) is 9.45. The monoisotopic (exact) mass is 234 g/mol. The zero-order chi connectivity index (χ0) is 11.5. The Bertz CT molecular complexity index is 505. The molecule has 16 heavy (non-hydrogen) atoms. The van der Waals surface area contributed by atoms with Crippen molar-refractivity contribution in [1.82, 2.24) is 4.98 Å². The maximum atomic E-state index is 5.44. The van der Waals surface area contributed by atoms with E-state index in [1.54, 1.807) is 7.11 Å². The van der Waals surface area contributed by atoms with Crippen LogP contribution in [-0.4, -0.2) is 17.1 Å². The SMILES string of the molecule is COc1ccc(-c2nc(C(N)=S)co2)cc1. The quantitative estimate of drug-likeness (QED) is 0.823. The summed E-state index contributed by atoms with van der Waals surface area (Å²) in [4.78, 5) is 4.39. The Kier molecular flexibility index (Phi) is 2.87. The molecule has 0 aliphatic carbocycles. The molecule has 0 amide bonds. The summed E-state index contributed by atoms with van der Waals surface area (Å²) >= 11 is 4.80. The van der Waals surface area contributed by atoms with Gasteiger partial charge in [-0.25, -0.2) is 4.98 Å². The fraction of sp³-hybridized carbons (Fsp3) is 0.0909. The second-order valence-electron chi connectivity index (χ2n) is 3.13. The maximum Gasteiger partial charge on any atom is 0.226 e. The molecule has 0 aliphatic rings. The van der Waals surface area contributed by atoms with Gasteiger partial charge in [0.15, 0.2) is 0 Å². The first-order valence-corrected chi connectivity index (χ1v) is 5.01. The van der Waals surface area contributed by atoms with Gasteiger partial charge in [-0.05, 0) is 24.3 Å². The molecule has 82 valence electrons. The lowest BCUT2D eigenvalue weighted by molar-refractivity contribution is 0.415. The molecule has 0 saturated heterocycles. The van der Waals surface area contributed by atoms with Crippen LogP contribution >= 0.6 is 12.2 Å². The minimum absolute atomic E-state index is 0.225. The van der Waals surface area contributed by atoms with E-state index in [4.69, 9.17) is 27.1 Å². The van der Waals surface area contributed by atoms with Gasteiger partial charge in [0.2, 0.25) is 5.89 Å². The van der Waals surface area contributed by atoms with Crippen LogP contribution in [0.2, 0.25) is 0 Å². The van der Waals surface area contributed by atoms with E-state index in [9.17, 15) is 0 Å². The summed E-state index contributed by atoms with van der Waals surface area (Å²) in [6.07, 6.45) is 1.45. The topological polar surface area (TPSA) is 61.3 Å². The highest BCUT2D eigenvalue weighted by molar-refractivity contribution is 7.80. The highest BCUT2D eigenvalue weighted by Crippen LogP contribution is 2.21. The van der Waals surface area contributed by atoms with Crippen LogP contribution in [0.15, 0.2) is 34.9 Å². The predicted octanol–water partition coefficient (Wildman–Crippen LogP) is 1.98. The molecule has 0 fully saturated rings. The summed E-state index contributed by atoms with van der Waals surface area (Å²) in [5.41, 5.74) is 6.78. The number of hydrogen-bond donors (Lipinski definition) is 1. The van der Waals surface area contributed by atoms with Crippen LogP contribution in [0.5, 0.6) is 5.75 Å². The largest absolute Gasteiger partial charge is 0.497 e. The van der Waals surface area contributed by atoms with Gasteiger partial charge in [0.05, 0.1) is 7.11 Å². The first-order valence-electron chi connectivity index (χ1n) is 4.60. The minimum atomic E-state index is 0.225. The molecule has 1 aromatic carbocycles. The summed E-state index contributed by atoms with van der Waals surface area (Å²) in [6.45, 7) is 0. The molecule has 2 N–H and O–H groups in total. The summed E-state index contributed by atoms with van der Waals surface area (Å²) in [5, 5.41) is 0. The third-order valence-electron chi connectivity index (χ3n) is 2.09. The van der Waals surface area contributed by atoms with Crippen LogP contribution in [0.25, 0.3) is 11.5 Å². The summed E-state index contributed by atoms with van der Waals surface area (Å²) in [5.74, 6) is 1.27. The molecule has 2 aromatic rings. The molecule has 0 saturated carbocycles. The number of hydrogen-bond acceptors (Lipinski definition) is 4. The molecule has 5 heteroatoms. The lowest BCUT2D eigenvalue weighted by Gasteiger charge is -1.99. The molecular formula is C11H10N2O2S. The van der Waals surface area contributed by atoms with Crippen molar-refractivity contribution in [3.05, 3.63) is 36.2 Å². The van der Waals surface area contributed by atoms with Crippen molar-refractivity contribution in [2.24, 2.45) is 5.73 Å². The first kappa shape index (κ1) is 10.6. The Morgan fingerprint density at radius 3 is 2.56 bits per heavy atom. The van der Waals surface area contributed by atoms with Gasteiger partial charge in [0.1, 0.15) is 22.7 Å². The maximum absolute atomic E-state index is 5.44. The Balaban J connectivity index is 2.31. The fourth-order valence-electron chi connectivity index (χ4n) is 1.25. The van der Waals surface area contributed by atoms with Crippen molar-refractivity contribution in [1.29, 1.82) is 0 Å². The van der Waals surface area contributed by atoms with Crippen LogP contribution in [0.1, 0.15) is 5.69 Å². The van der Waals surface area contributed by atoms with Gasteiger partial charge in [-0.1, -0.05) is 12.2 Å². The summed E-state index contributed by atoms with van der Waals surface area (Å²) < 4.78 is 10.3. The van der Waals surface area contributed by atoms with Crippen molar-refractivity contribution in [3.8, 4) is 17.2 Å². The molecule has 0 atom stereocenters. The standard InChI is InChI=1S/C11H10N2O2S/c1-14-8-4-2-7(3-5-8)11-13-9(6-15-11)10(12)16/h2-6H,1H3,(H2,12,16). The van der Waals surface area contributed by atoms with Gasteiger partial charge in [-0.2, -0.15) is 0 Å². The van der Waals surface area contributed by atoms with Crippen LogP contribution in [0.4, 0.5) is 0 Å². The third-order valence-corrected chi connectivity index (χ3v) is 2.30. The molecule has 0 unspecified atom stereocenters. The average molecular weight is 234 g/mol. The van der Waals surface area contributed by atoms with Crippen LogP contribution in [0.3, 0.4) is 0 Å². The second kappa shape index (κ2) is 4.32. The number of nitrogens with zero attached hydrogens (tertiary/aromatic N) is 1. The Morgan fingerprint density at radius 1 is 1.38 bits per heavy atom. The Labute approximate surface area is 98.0 Å². The van der Waals surface area contributed by atoms with Crippen molar-refractivity contribution in [3.63, 3.8) is 0 Å². The number of thiocarbonyl (C=S) groups is 1. The zero-order valence-electron chi connectivity index (χ0n) is 8.64. The first-order chi connectivity index (χ1) is 7.70. The van der Waals surface area contributed by atoms with E-state index in [1.807, 2.05) is 24.3 Å². The normalized spacial score (nSPS) is 10.1. The van der Waals surface area contributed by atoms with E-state index < -0.39 is 0 Å². The number of benzene rings is 1. The van der Waals surface area contributed by atoms with Gasteiger partial charge in [0.25, 0.3) is 0 Å². The number of methoxy groups -OCH3 is 1. The van der Waals surface area contributed by atoms with Crippen molar-refractivity contribution < 1.29 is 9.15 Å². The lowest BCUT2D eigenvalue weighted by atomic mass is 10.2. The van der Waals surface area contributed by atoms with Gasteiger partial charge in [0, 0.05) is 5.56 Å². The van der Waals surface area contributed by atoms with Crippen molar-refractivity contribution in [2.75, 3.05) is 7.11 Å². The second-order valence-corrected chi connectivity index (χ2v) is 3.57. The van der Waals surface area contributed by atoms with Crippen LogP contribution < -0.4 is 10.5 Å². The van der Waals surface area contributed by atoms with E-state index in [1.165, 1.54) is 6.26 Å². The van der Waals surface area contributed by atoms with E-state index >= 15 is 0 Å². The predicted molar refractivity (Wildman–Crippen MR) is 64.4 cm³/mol. The van der Waals surface area contributed by atoms with E-state index in [0.29, 0.717) is 11.6 Å². The van der Waals surface area contributed by atoms with E-state index in [-0.39, 0.29) is 4.99 Å². The molecule has 4 nitrogen and oxygen atoms in total. The van der Waals surface area contributed by atoms with E-state index in [0.717, 1.165) is 11.3 Å². The smallest absolute Gasteiger partial charge is 0.226 e. The molecule has 2 rings (SSSR count). The molecule has 0 bridgehead atoms. The lowest BCUT2D eigenvalue weighted by Crippen LogP contribution is -2.09. The minimum Gasteiger partial charge on any atom is -0.497 e. The van der Waals surface area contributed by atoms with Gasteiger partial charge < -0.3 is 14.9 Å². The van der Waals surface area contributed by atoms with Crippen LogP contribution in [-0.2, 0) is 0 Å². The number of rotatable bonds is 3.